The first-order valence-corrected chi connectivity index (χ1v) is 13.3. The fourth-order valence-corrected chi connectivity index (χ4v) is 4.99. The number of rotatable bonds is 10. The number of hydrogen-bond acceptors (Lipinski definition) is 14. The van der Waals surface area contributed by atoms with Crippen LogP contribution < -0.4 is 27.4 Å². The fourth-order valence-electron chi connectivity index (χ4n) is 4.99. The molecule has 228 valence electrons. The van der Waals surface area contributed by atoms with Gasteiger partial charge in [0.15, 0.2) is 24.6 Å². The lowest BCUT2D eigenvalue weighted by Gasteiger charge is -2.28. The van der Waals surface area contributed by atoms with Crippen LogP contribution in [0.3, 0.4) is 0 Å². The average molecular weight is 596 g/mol. The number of benzene rings is 1. The van der Waals surface area contributed by atoms with Crippen LogP contribution in [0.1, 0.15) is 18.2 Å². The van der Waals surface area contributed by atoms with Crippen LogP contribution in [-0.2, 0) is 9.53 Å². The number of aliphatic hydroxyl groups is 4. The number of nitrogens with one attached hydrogen (secondary N) is 3. The van der Waals surface area contributed by atoms with Gasteiger partial charge in [-0.15, -0.1) is 0 Å². The number of nitrogen functional groups attached to an aromatic ring is 2. The number of H-pyrrole nitrogens is 1. The second-order valence-electron chi connectivity index (χ2n) is 10.1. The number of aromatic nitrogens is 5. The Morgan fingerprint density at radius 2 is 2.05 bits per heavy atom. The Kier molecular flexibility index (Phi) is 8.27. The summed E-state index contributed by atoms with van der Waals surface area (Å²) < 4.78 is 7.40. The molecule has 0 saturated carbocycles. The first-order chi connectivity index (χ1) is 20.5. The third kappa shape index (κ3) is 5.59. The lowest BCUT2D eigenvalue weighted by atomic mass is 10.1. The highest BCUT2D eigenvalue weighted by molar-refractivity contribution is 6.16. The first-order valence-electron chi connectivity index (χ1n) is 13.3. The molecule has 3 aromatic heterocycles. The van der Waals surface area contributed by atoms with Crippen LogP contribution >= 0.6 is 0 Å². The molecule has 4 heterocycles. The van der Waals surface area contributed by atoms with Crippen LogP contribution in [0.25, 0.3) is 22.1 Å². The largest absolute Gasteiger partial charge is 0.394 e. The number of nitrogens with zero attached hydrogens (tertiary/aromatic N) is 5. The number of carbonyl (C=O) groups is 1. The summed E-state index contributed by atoms with van der Waals surface area (Å²) in [6, 6.07) is 3.78. The Morgan fingerprint density at radius 3 is 2.77 bits per heavy atom. The lowest BCUT2D eigenvalue weighted by molar-refractivity contribution is -0.135. The highest BCUT2D eigenvalue weighted by atomic mass is 16.6. The monoisotopic (exact) mass is 595 g/mol. The molecular formula is C26H33N11O6. The number of fused-ring (bicyclic) bond motifs is 2. The molecule has 17 heteroatoms. The van der Waals surface area contributed by atoms with Crippen molar-refractivity contribution in [1.82, 2.24) is 29.8 Å². The molecule has 43 heavy (non-hydrogen) atoms. The molecule has 1 aliphatic rings. The van der Waals surface area contributed by atoms with E-state index in [9.17, 15) is 25.2 Å². The molecule has 4 aromatic rings. The number of aromatic amines is 1. The summed E-state index contributed by atoms with van der Waals surface area (Å²) in [6.07, 6.45) is -2.21. The average Bonchev–Trinajstić information content (AvgIpc) is 3.64. The van der Waals surface area contributed by atoms with Crippen LogP contribution in [-0.4, -0.2) is 101 Å². The molecule has 0 unspecified atom stereocenters. The highest BCUT2D eigenvalue weighted by Crippen LogP contribution is 2.36. The van der Waals surface area contributed by atoms with E-state index in [4.69, 9.17) is 27.3 Å². The lowest BCUT2D eigenvalue weighted by Crippen LogP contribution is -2.47. The molecule has 0 aliphatic carbocycles. The second kappa shape index (κ2) is 11.9. The van der Waals surface area contributed by atoms with Gasteiger partial charge in [-0.1, -0.05) is 0 Å². The number of nitrogens with two attached hydrogens (primary N) is 3. The van der Waals surface area contributed by atoms with Gasteiger partial charge in [-0.25, -0.2) is 15.0 Å². The minimum absolute atomic E-state index is 0.0224. The Morgan fingerprint density at radius 1 is 1.28 bits per heavy atom. The van der Waals surface area contributed by atoms with E-state index in [1.165, 1.54) is 28.1 Å². The SMILES string of the molecule is CN/C=C\C(=N)c1cn([C@@H]2O[C@H](C(=O)N(CC[C@H](N)C(O)O)c3ccc4nc(N)[nH]c4c3)[C@@H](O)[C@H]2O)c2ncnc(N)c12. The summed E-state index contributed by atoms with van der Waals surface area (Å²) in [6.45, 7) is -0.0879. The zero-order valence-electron chi connectivity index (χ0n) is 23.0. The van der Waals surface area contributed by atoms with Gasteiger partial charge in [0.2, 0.25) is 0 Å². The Balaban J connectivity index is 1.50. The highest BCUT2D eigenvalue weighted by Gasteiger charge is 2.49. The molecular weight excluding hydrogens is 562 g/mol. The van der Waals surface area contributed by atoms with E-state index in [1.807, 2.05) is 0 Å². The second-order valence-corrected chi connectivity index (χ2v) is 10.1. The Labute approximate surface area is 244 Å². The summed E-state index contributed by atoms with van der Waals surface area (Å²) in [5.41, 5.74) is 19.8. The smallest absolute Gasteiger partial charge is 0.259 e. The number of ether oxygens (including phenoxy) is 1. The number of hydrogen-bond donors (Lipinski definition) is 10. The van der Waals surface area contributed by atoms with Gasteiger partial charge in [-0.3, -0.25) is 4.79 Å². The molecule has 1 saturated heterocycles. The minimum atomic E-state index is -1.82. The molecule has 0 bridgehead atoms. The Bertz CT molecular complexity index is 1680. The predicted molar refractivity (Wildman–Crippen MR) is 157 cm³/mol. The maximum atomic E-state index is 14.0. The Hall–Kier alpha value is -4.65. The molecule has 1 amide bonds. The van der Waals surface area contributed by atoms with E-state index in [0.29, 0.717) is 27.7 Å². The zero-order chi connectivity index (χ0) is 31.0. The molecule has 0 radical (unpaired) electrons. The van der Waals surface area contributed by atoms with Crippen molar-refractivity contribution in [3.63, 3.8) is 0 Å². The number of allylic oxidation sites excluding steroid dienone is 1. The van der Waals surface area contributed by atoms with E-state index >= 15 is 0 Å². The van der Waals surface area contributed by atoms with Gasteiger partial charge in [-0.2, -0.15) is 0 Å². The van der Waals surface area contributed by atoms with Gasteiger partial charge in [-0.05, 0) is 36.9 Å². The maximum Gasteiger partial charge on any atom is 0.259 e. The zero-order valence-corrected chi connectivity index (χ0v) is 23.0. The molecule has 5 rings (SSSR count). The van der Waals surface area contributed by atoms with E-state index < -0.39 is 42.8 Å². The van der Waals surface area contributed by atoms with Gasteiger partial charge < -0.3 is 67.5 Å². The summed E-state index contributed by atoms with van der Waals surface area (Å²) in [4.78, 5) is 30.5. The minimum Gasteiger partial charge on any atom is -0.394 e. The summed E-state index contributed by atoms with van der Waals surface area (Å²) >= 11 is 0. The summed E-state index contributed by atoms with van der Waals surface area (Å²) in [5.74, 6) is -0.463. The molecule has 5 atom stereocenters. The summed E-state index contributed by atoms with van der Waals surface area (Å²) in [5, 5.41) is 52.8. The van der Waals surface area contributed by atoms with Crippen molar-refractivity contribution >= 4 is 51.1 Å². The van der Waals surface area contributed by atoms with Gasteiger partial charge >= 0.3 is 0 Å². The van der Waals surface area contributed by atoms with E-state index in [1.54, 1.807) is 31.4 Å². The molecule has 17 nitrogen and oxygen atoms in total. The van der Waals surface area contributed by atoms with Crippen LogP contribution in [0, 0.1) is 5.41 Å². The molecule has 13 N–H and O–H groups in total. The van der Waals surface area contributed by atoms with Crippen molar-refractivity contribution in [3.8, 4) is 0 Å². The maximum absolute atomic E-state index is 14.0. The van der Waals surface area contributed by atoms with Gasteiger partial charge in [0, 0.05) is 31.0 Å². The van der Waals surface area contributed by atoms with Crippen LogP contribution in [0.4, 0.5) is 17.5 Å². The van der Waals surface area contributed by atoms with Gasteiger partial charge in [0.25, 0.3) is 5.91 Å². The quantitative estimate of drug-likeness (QED) is 0.0720. The third-order valence-electron chi connectivity index (χ3n) is 7.23. The molecule has 1 fully saturated rings. The molecule has 1 aliphatic heterocycles. The normalized spacial score (nSPS) is 21.3. The van der Waals surface area contributed by atoms with E-state index in [0.717, 1.165) is 0 Å². The topological polar surface area (TPSA) is 284 Å². The van der Waals surface area contributed by atoms with E-state index in [2.05, 4.69) is 25.3 Å². The molecule has 0 spiro atoms. The van der Waals surface area contributed by atoms with Gasteiger partial charge in [0.05, 0.1) is 28.2 Å². The fraction of sp³-hybridized carbons (Fsp3) is 0.346. The first kappa shape index (κ1) is 29.8. The standard InChI is InChI=1S/C26H33N11O6/c1-31-6-4-13(27)12-9-37(22-17(12)21(29)32-10-33-22)24-19(39)18(38)20(43-24)23(40)36(7-5-14(28)25(41)42)11-2-3-15-16(8-11)35-26(30)34-15/h2-4,6,8-10,14,18-20,24-25,27,31,38-39,41-42H,5,7,28H2,1H3,(H2,29,32,33)(H3,30,34,35)/b6-4-,27-13?/t14-,18-,19+,20-,24+/m0/s1. The van der Waals surface area contributed by atoms with Crippen molar-refractivity contribution in [1.29, 1.82) is 5.41 Å². The van der Waals surface area contributed by atoms with Gasteiger partial charge in [0.1, 0.15) is 30.0 Å². The van der Waals surface area contributed by atoms with Crippen molar-refractivity contribution in [2.45, 2.75) is 43.3 Å². The number of amides is 1. The summed E-state index contributed by atoms with van der Waals surface area (Å²) in [7, 11) is 1.68. The van der Waals surface area contributed by atoms with Crippen LogP contribution in [0.5, 0.6) is 0 Å². The number of aliphatic hydroxyl groups excluding tert-OH is 3. The van der Waals surface area contributed by atoms with Crippen molar-refractivity contribution in [2.75, 3.05) is 30.0 Å². The van der Waals surface area contributed by atoms with Crippen LogP contribution in [0.15, 0.2) is 43.0 Å². The number of imidazole rings is 1. The van der Waals surface area contributed by atoms with Crippen molar-refractivity contribution in [2.24, 2.45) is 5.73 Å². The third-order valence-corrected chi connectivity index (χ3v) is 7.23. The number of carbonyl (C=O) groups excluding carboxylic acids is 1. The van der Waals surface area contributed by atoms with E-state index in [-0.39, 0.29) is 36.1 Å². The predicted octanol–water partition coefficient (Wildman–Crippen LogP) is -1.75. The number of anilines is 3. The van der Waals surface area contributed by atoms with Crippen LogP contribution in [0.2, 0.25) is 0 Å². The molecule has 1 aromatic carbocycles. The van der Waals surface area contributed by atoms with Crippen molar-refractivity contribution in [3.05, 3.63) is 48.6 Å². The van der Waals surface area contributed by atoms with Crippen molar-refractivity contribution < 1.29 is 30.0 Å².